The summed E-state index contributed by atoms with van der Waals surface area (Å²) < 4.78 is 31.4. The predicted octanol–water partition coefficient (Wildman–Crippen LogP) is 6.19. The van der Waals surface area contributed by atoms with Crippen molar-refractivity contribution >= 4 is 37.4 Å². The number of hydrogen-bond donors (Lipinski definition) is 0. The summed E-state index contributed by atoms with van der Waals surface area (Å²) in [5.41, 5.74) is 0. The van der Waals surface area contributed by atoms with Gasteiger partial charge < -0.3 is 23.1 Å². The lowest BCUT2D eigenvalue weighted by atomic mass is 10.2. The molecule has 0 radical (unpaired) electrons. The summed E-state index contributed by atoms with van der Waals surface area (Å²) in [6, 6.07) is 42.8. The predicted molar refractivity (Wildman–Crippen MR) is 200 cm³/mol. The number of rotatable bonds is 18. The van der Waals surface area contributed by atoms with Crippen molar-refractivity contribution in [1.82, 2.24) is 0 Å². The summed E-state index contributed by atoms with van der Waals surface area (Å²) in [5.74, 6) is 0. The number of benzene rings is 4. The molecule has 0 heterocycles. The van der Waals surface area contributed by atoms with E-state index in [1.54, 1.807) is 0 Å². The van der Waals surface area contributed by atoms with E-state index in [4.69, 9.17) is 23.1 Å². The molecule has 0 bridgehead atoms. The molecule has 4 aromatic rings. The summed E-state index contributed by atoms with van der Waals surface area (Å²) >= 11 is 0. The highest BCUT2D eigenvalue weighted by atomic mass is 28.4. The fourth-order valence-corrected chi connectivity index (χ4v) is 15.7. The molecule has 0 N–H and O–H groups in total. The molecule has 0 amide bonds. The Morgan fingerprint density at radius 1 is 0.340 bits per heavy atom. The first-order valence-electron chi connectivity index (χ1n) is 16.9. The monoisotopic (exact) mass is 670 g/mol. The van der Waals surface area contributed by atoms with Gasteiger partial charge in [0, 0.05) is 0 Å². The molecule has 0 saturated heterocycles. The number of hydrogen-bond acceptors (Lipinski definition) is 5. The molecule has 0 aliphatic heterocycles. The molecule has 0 aromatic heterocycles. The quantitative estimate of drug-likeness (QED) is 0.0934. The van der Waals surface area contributed by atoms with Crippen molar-refractivity contribution in [2.45, 2.75) is 51.6 Å². The zero-order chi connectivity index (χ0) is 33.6. The highest BCUT2D eigenvalue weighted by Gasteiger charge is 2.51. The maximum atomic E-state index is 6.89. The highest BCUT2D eigenvalue weighted by Crippen LogP contribution is 2.37. The van der Waals surface area contributed by atoms with Gasteiger partial charge in [-0.3, -0.25) is 0 Å². The van der Waals surface area contributed by atoms with Gasteiger partial charge in [-0.25, -0.2) is 0 Å². The lowest BCUT2D eigenvalue weighted by Gasteiger charge is -2.43. The van der Waals surface area contributed by atoms with E-state index >= 15 is 0 Å². The second-order valence-electron chi connectivity index (χ2n) is 13.9. The van der Waals surface area contributed by atoms with Gasteiger partial charge in [0.05, 0.1) is 52.9 Å². The second-order valence-corrected chi connectivity index (χ2v) is 22.5. The summed E-state index contributed by atoms with van der Waals surface area (Å²) in [5, 5.41) is 5.00. The Kier molecular flexibility index (Phi) is 13.7. The molecule has 0 saturated carbocycles. The lowest BCUT2D eigenvalue weighted by Crippen LogP contribution is -2.66. The third-order valence-corrected chi connectivity index (χ3v) is 18.8. The van der Waals surface area contributed by atoms with E-state index in [-0.39, 0.29) is 10.1 Å². The smallest absolute Gasteiger partial charge is 0.261 e. The van der Waals surface area contributed by atoms with Crippen LogP contribution in [-0.2, 0) is 23.1 Å². The third kappa shape index (κ3) is 9.18. The molecule has 0 aliphatic carbocycles. The summed E-state index contributed by atoms with van der Waals surface area (Å²) in [6.07, 6.45) is 0. The molecule has 4 rings (SSSR count). The van der Waals surface area contributed by atoms with Crippen molar-refractivity contribution in [3.05, 3.63) is 121 Å². The van der Waals surface area contributed by atoms with E-state index in [2.05, 4.69) is 163 Å². The van der Waals surface area contributed by atoms with Crippen molar-refractivity contribution in [2.24, 2.45) is 0 Å². The highest BCUT2D eigenvalue weighted by molar-refractivity contribution is 7.00. The van der Waals surface area contributed by atoms with Crippen LogP contribution in [0.3, 0.4) is 0 Å². The average Bonchev–Trinajstić information content (AvgIpc) is 3.07. The van der Waals surface area contributed by atoms with E-state index in [9.17, 15) is 0 Å². The normalized spacial score (nSPS) is 12.7. The van der Waals surface area contributed by atoms with Gasteiger partial charge in [0.2, 0.25) is 0 Å². The van der Waals surface area contributed by atoms with Crippen LogP contribution in [0.2, 0.25) is 10.1 Å². The second kappa shape index (κ2) is 17.5. The Balaban J connectivity index is 1.19. The van der Waals surface area contributed by atoms with Crippen LogP contribution in [0.4, 0.5) is 0 Å². The fourth-order valence-electron chi connectivity index (χ4n) is 6.57. The topological polar surface area (TPSA) is 46.2 Å². The fraction of sp³-hybridized carbons (Fsp3) is 0.400. The molecule has 4 aromatic carbocycles. The van der Waals surface area contributed by atoms with Gasteiger partial charge in [-0.15, -0.1) is 0 Å². The van der Waals surface area contributed by atoms with E-state index in [1.807, 2.05) is 0 Å². The van der Waals surface area contributed by atoms with E-state index in [0.717, 1.165) is 0 Å². The van der Waals surface area contributed by atoms with Crippen LogP contribution >= 0.6 is 0 Å². The molecular formula is C40H54O5Si2. The molecule has 0 spiro atoms. The largest absolute Gasteiger partial charge is 0.405 e. The molecule has 0 unspecified atom stereocenters. The summed E-state index contributed by atoms with van der Waals surface area (Å²) in [7, 11) is -5.09. The first-order valence-corrected chi connectivity index (χ1v) is 20.7. The van der Waals surface area contributed by atoms with Crippen LogP contribution in [-0.4, -0.2) is 69.5 Å². The van der Waals surface area contributed by atoms with E-state index in [1.165, 1.54) is 20.7 Å². The number of ether oxygens (including phenoxy) is 3. The van der Waals surface area contributed by atoms with Crippen LogP contribution in [0.1, 0.15) is 41.5 Å². The van der Waals surface area contributed by atoms with Gasteiger partial charge in [-0.05, 0) is 30.8 Å². The van der Waals surface area contributed by atoms with Gasteiger partial charge >= 0.3 is 0 Å². The molecule has 47 heavy (non-hydrogen) atoms. The van der Waals surface area contributed by atoms with Crippen LogP contribution in [0.25, 0.3) is 0 Å². The standard InChI is InChI=1S/C40H54O5Si2/c1-39(2,3)46(35-19-11-7-12-20-35,36-21-13-8-14-22-36)44-33-31-42-29-27-41-28-30-43-32-34-45-47(40(4,5)6,37-23-15-9-16-24-37)38-25-17-10-18-26-38/h7-26H,27-34H2,1-6H3. The van der Waals surface area contributed by atoms with E-state index in [0.29, 0.717) is 52.9 Å². The van der Waals surface area contributed by atoms with Crippen molar-refractivity contribution in [3.8, 4) is 0 Å². The lowest BCUT2D eigenvalue weighted by molar-refractivity contribution is 0.00403. The molecule has 7 heteroatoms. The molecule has 5 nitrogen and oxygen atoms in total. The summed E-state index contributed by atoms with van der Waals surface area (Å²) in [6.45, 7) is 17.9. The zero-order valence-corrected chi connectivity index (χ0v) is 31.2. The van der Waals surface area contributed by atoms with Crippen molar-refractivity contribution in [3.63, 3.8) is 0 Å². The zero-order valence-electron chi connectivity index (χ0n) is 29.2. The maximum absolute atomic E-state index is 6.89. The molecule has 0 fully saturated rings. The van der Waals surface area contributed by atoms with Gasteiger partial charge in [0.15, 0.2) is 0 Å². The Morgan fingerprint density at radius 2 is 0.553 bits per heavy atom. The maximum Gasteiger partial charge on any atom is 0.261 e. The molecular weight excluding hydrogens is 617 g/mol. The molecule has 0 atom stereocenters. The van der Waals surface area contributed by atoms with Crippen LogP contribution in [0.5, 0.6) is 0 Å². The van der Waals surface area contributed by atoms with Gasteiger partial charge in [0.25, 0.3) is 16.6 Å². The van der Waals surface area contributed by atoms with Crippen LogP contribution < -0.4 is 20.7 Å². The van der Waals surface area contributed by atoms with Gasteiger partial charge in [-0.2, -0.15) is 0 Å². The first kappa shape index (κ1) is 36.9. The van der Waals surface area contributed by atoms with Crippen molar-refractivity contribution < 1.29 is 23.1 Å². The average molecular weight is 671 g/mol. The van der Waals surface area contributed by atoms with Crippen molar-refractivity contribution in [1.29, 1.82) is 0 Å². The van der Waals surface area contributed by atoms with Crippen LogP contribution in [0, 0.1) is 0 Å². The third-order valence-electron chi connectivity index (χ3n) is 8.67. The first-order chi connectivity index (χ1) is 22.6. The van der Waals surface area contributed by atoms with E-state index < -0.39 is 16.6 Å². The minimum atomic E-state index is -2.54. The molecule has 0 aliphatic rings. The van der Waals surface area contributed by atoms with Gasteiger partial charge in [0.1, 0.15) is 0 Å². The minimum absolute atomic E-state index is 0.0522. The Morgan fingerprint density at radius 3 is 0.766 bits per heavy atom. The SMILES string of the molecule is CC(C)(C)[Si](OCCOCCOCCOCCO[Si](c1ccccc1)(c1ccccc1)C(C)(C)C)(c1ccccc1)c1ccccc1. The summed E-state index contributed by atoms with van der Waals surface area (Å²) in [4.78, 5) is 0. The minimum Gasteiger partial charge on any atom is -0.405 e. The Bertz CT molecular complexity index is 1230. The van der Waals surface area contributed by atoms with Crippen LogP contribution in [0.15, 0.2) is 121 Å². The Hall–Kier alpha value is -2.89. The van der Waals surface area contributed by atoms with Gasteiger partial charge in [-0.1, -0.05) is 163 Å². The Labute approximate surface area is 285 Å². The van der Waals surface area contributed by atoms with Crippen molar-refractivity contribution in [2.75, 3.05) is 52.9 Å². The molecule has 252 valence electrons.